The summed E-state index contributed by atoms with van der Waals surface area (Å²) >= 11 is 5.71. The smallest absolute Gasteiger partial charge is 0.326 e. The second-order valence-electron chi connectivity index (χ2n) is 5.15. The molecule has 1 aromatic rings. The zero-order valence-electron chi connectivity index (χ0n) is 11.7. The maximum atomic E-state index is 12.2. The van der Waals surface area contributed by atoms with Gasteiger partial charge in [0.2, 0.25) is 5.91 Å². The number of carboxylic acids is 1. The Kier molecular flexibility index (Phi) is 5.08. The first kappa shape index (κ1) is 16.8. The summed E-state index contributed by atoms with van der Waals surface area (Å²) in [5.74, 6) is -2.52. The fraction of sp³-hybridized carbons (Fsp3) is 0.429. The Balaban J connectivity index is 2.16. The Morgan fingerprint density at radius 3 is 2.45 bits per heavy atom. The van der Waals surface area contributed by atoms with Crippen LogP contribution >= 0.6 is 11.6 Å². The number of rotatable bonds is 4. The van der Waals surface area contributed by atoms with E-state index in [1.165, 1.54) is 24.3 Å². The summed E-state index contributed by atoms with van der Waals surface area (Å²) in [4.78, 5) is 24.6. The fourth-order valence-electron chi connectivity index (χ4n) is 2.46. The number of carbonyl (C=O) groups excluding carboxylic acids is 1. The molecule has 0 bridgehead atoms. The minimum atomic E-state index is -3.82. The van der Waals surface area contributed by atoms with Crippen LogP contribution in [0.4, 0.5) is 0 Å². The van der Waals surface area contributed by atoms with E-state index >= 15 is 0 Å². The lowest BCUT2D eigenvalue weighted by Crippen LogP contribution is -2.49. The van der Waals surface area contributed by atoms with E-state index in [0.29, 0.717) is 24.3 Å². The van der Waals surface area contributed by atoms with Crippen LogP contribution in [0, 0.1) is 0 Å². The molecule has 8 heteroatoms. The molecule has 0 saturated carbocycles. The van der Waals surface area contributed by atoms with E-state index in [1.54, 1.807) is 0 Å². The highest BCUT2D eigenvalue weighted by atomic mass is 35.5. The second kappa shape index (κ2) is 6.66. The molecule has 0 radical (unpaired) electrons. The molecule has 0 aromatic heterocycles. The number of likely N-dealkylation sites (tertiary alicyclic amines) is 1. The van der Waals surface area contributed by atoms with Gasteiger partial charge in [-0.2, -0.15) is 0 Å². The van der Waals surface area contributed by atoms with Crippen LogP contribution in [-0.2, 0) is 19.4 Å². The molecule has 2 rings (SSSR count). The monoisotopic (exact) mass is 345 g/mol. The molecule has 120 valence electrons. The quantitative estimate of drug-likeness (QED) is 0.894. The number of nitrogens with zero attached hydrogens (tertiary/aromatic N) is 1. The Morgan fingerprint density at radius 1 is 1.23 bits per heavy atom. The van der Waals surface area contributed by atoms with Crippen molar-refractivity contribution in [3.63, 3.8) is 0 Å². The van der Waals surface area contributed by atoms with Gasteiger partial charge in [-0.15, -0.1) is 0 Å². The molecule has 1 fully saturated rings. The molecule has 0 unspecified atom stereocenters. The van der Waals surface area contributed by atoms with Crippen LogP contribution in [0.1, 0.15) is 19.3 Å². The van der Waals surface area contributed by atoms with Gasteiger partial charge >= 0.3 is 5.97 Å². The summed E-state index contributed by atoms with van der Waals surface area (Å²) in [6, 6.07) is 4.58. The average Bonchev–Trinajstić information content (AvgIpc) is 2.47. The highest BCUT2D eigenvalue weighted by molar-refractivity contribution is 7.92. The van der Waals surface area contributed by atoms with Crippen LogP contribution in [0.25, 0.3) is 0 Å². The molecule has 1 heterocycles. The van der Waals surface area contributed by atoms with Gasteiger partial charge in [-0.05, 0) is 43.5 Å². The average molecular weight is 346 g/mol. The van der Waals surface area contributed by atoms with Gasteiger partial charge in [0.25, 0.3) is 0 Å². The molecular weight excluding hydrogens is 330 g/mol. The summed E-state index contributed by atoms with van der Waals surface area (Å²) in [6.07, 6.45) is 1.74. The van der Waals surface area contributed by atoms with Crippen molar-refractivity contribution < 1.29 is 23.1 Å². The summed E-state index contributed by atoms with van der Waals surface area (Å²) < 4.78 is 24.5. The van der Waals surface area contributed by atoms with Crippen molar-refractivity contribution in [2.45, 2.75) is 30.2 Å². The van der Waals surface area contributed by atoms with Crippen molar-refractivity contribution in [2.24, 2.45) is 0 Å². The van der Waals surface area contributed by atoms with E-state index in [2.05, 4.69) is 0 Å². The first-order valence-electron chi connectivity index (χ1n) is 6.82. The second-order valence-corrected chi connectivity index (χ2v) is 7.58. The number of piperidine rings is 1. The van der Waals surface area contributed by atoms with Gasteiger partial charge in [-0.25, -0.2) is 13.2 Å². The van der Waals surface area contributed by atoms with Crippen molar-refractivity contribution in [3.05, 3.63) is 29.3 Å². The largest absolute Gasteiger partial charge is 0.480 e. The van der Waals surface area contributed by atoms with Crippen molar-refractivity contribution >= 4 is 33.3 Å². The van der Waals surface area contributed by atoms with Crippen LogP contribution in [0.2, 0.25) is 5.02 Å². The number of hydrogen-bond donors (Lipinski definition) is 1. The number of benzene rings is 1. The van der Waals surface area contributed by atoms with Gasteiger partial charge < -0.3 is 10.0 Å². The summed E-state index contributed by atoms with van der Waals surface area (Å²) in [5.41, 5.74) is 0. The molecule has 1 atom stereocenters. The predicted molar refractivity (Wildman–Crippen MR) is 80.5 cm³/mol. The number of halogens is 1. The maximum Gasteiger partial charge on any atom is 0.326 e. The number of amides is 1. The molecule has 1 aliphatic heterocycles. The normalized spacial score (nSPS) is 19.0. The minimum Gasteiger partial charge on any atom is -0.480 e. The van der Waals surface area contributed by atoms with Gasteiger partial charge in [-0.1, -0.05) is 11.6 Å². The van der Waals surface area contributed by atoms with Crippen LogP contribution in [0.5, 0.6) is 0 Å². The third kappa shape index (κ3) is 3.78. The van der Waals surface area contributed by atoms with E-state index in [9.17, 15) is 18.0 Å². The summed E-state index contributed by atoms with van der Waals surface area (Å²) in [5, 5.41) is 9.54. The Bertz CT molecular complexity index is 671. The Hall–Kier alpha value is -1.60. The molecule has 22 heavy (non-hydrogen) atoms. The van der Waals surface area contributed by atoms with E-state index in [-0.39, 0.29) is 11.4 Å². The van der Waals surface area contributed by atoms with Gasteiger partial charge in [0.05, 0.1) is 4.90 Å². The SMILES string of the molecule is O=C(O)[C@H]1CCCCN1C(=O)CS(=O)(=O)c1ccc(Cl)cc1. The van der Waals surface area contributed by atoms with Crippen LogP contribution in [0.15, 0.2) is 29.2 Å². The van der Waals surface area contributed by atoms with E-state index in [0.717, 1.165) is 4.90 Å². The number of aliphatic carboxylic acids is 1. The van der Waals surface area contributed by atoms with Gasteiger partial charge in [0, 0.05) is 11.6 Å². The Morgan fingerprint density at radius 2 is 1.86 bits per heavy atom. The topological polar surface area (TPSA) is 91.8 Å². The van der Waals surface area contributed by atoms with Crippen molar-refractivity contribution in [1.29, 1.82) is 0 Å². The van der Waals surface area contributed by atoms with Gasteiger partial charge in [0.15, 0.2) is 9.84 Å². The lowest BCUT2D eigenvalue weighted by Gasteiger charge is -2.32. The highest BCUT2D eigenvalue weighted by Crippen LogP contribution is 2.20. The molecule has 1 saturated heterocycles. The molecule has 1 aromatic carbocycles. The van der Waals surface area contributed by atoms with Crippen LogP contribution in [-0.4, -0.2) is 48.6 Å². The summed E-state index contributed by atoms with van der Waals surface area (Å²) in [6.45, 7) is 0.270. The zero-order chi connectivity index (χ0) is 16.3. The first-order chi connectivity index (χ1) is 10.3. The molecule has 6 nitrogen and oxygen atoms in total. The van der Waals surface area contributed by atoms with Gasteiger partial charge in [0.1, 0.15) is 11.8 Å². The van der Waals surface area contributed by atoms with Crippen LogP contribution in [0.3, 0.4) is 0 Å². The lowest BCUT2D eigenvalue weighted by molar-refractivity contribution is -0.151. The first-order valence-corrected chi connectivity index (χ1v) is 8.85. The minimum absolute atomic E-state index is 0.00543. The zero-order valence-corrected chi connectivity index (χ0v) is 13.3. The standard InChI is InChI=1S/C14H16ClNO5S/c15-10-4-6-11(7-5-10)22(20,21)9-13(17)16-8-2-1-3-12(16)14(18)19/h4-7,12H,1-3,8-9H2,(H,18,19)/t12-/m1/s1. The van der Waals surface area contributed by atoms with Gasteiger partial charge in [-0.3, -0.25) is 4.79 Å². The molecule has 1 aliphatic rings. The third-order valence-corrected chi connectivity index (χ3v) is 5.46. The highest BCUT2D eigenvalue weighted by Gasteiger charge is 2.34. The predicted octanol–water partition coefficient (Wildman–Crippen LogP) is 1.58. The number of carbonyl (C=O) groups is 2. The van der Waals surface area contributed by atoms with E-state index in [1.807, 2.05) is 0 Å². The number of carboxylic acid groups (broad SMARTS) is 1. The Labute approximate surface area is 133 Å². The number of hydrogen-bond acceptors (Lipinski definition) is 4. The van der Waals surface area contributed by atoms with E-state index in [4.69, 9.17) is 16.7 Å². The molecule has 0 aliphatic carbocycles. The lowest BCUT2D eigenvalue weighted by atomic mass is 10.0. The molecule has 1 amide bonds. The van der Waals surface area contributed by atoms with Crippen molar-refractivity contribution in [3.8, 4) is 0 Å². The van der Waals surface area contributed by atoms with E-state index < -0.39 is 33.5 Å². The number of sulfone groups is 1. The third-order valence-electron chi connectivity index (χ3n) is 3.59. The summed E-state index contributed by atoms with van der Waals surface area (Å²) in [7, 11) is -3.82. The molecular formula is C14H16ClNO5S. The van der Waals surface area contributed by atoms with Crippen molar-refractivity contribution in [2.75, 3.05) is 12.3 Å². The molecule has 1 N–H and O–H groups in total. The van der Waals surface area contributed by atoms with Crippen LogP contribution < -0.4 is 0 Å². The van der Waals surface area contributed by atoms with Crippen molar-refractivity contribution in [1.82, 2.24) is 4.90 Å². The fourth-order valence-corrected chi connectivity index (χ4v) is 3.79. The maximum absolute atomic E-state index is 12.2. The molecule has 0 spiro atoms.